The molecule has 0 aromatic carbocycles. The summed E-state index contributed by atoms with van der Waals surface area (Å²) in [6.07, 6.45) is 2.84. The monoisotopic (exact) mass is 269 g/mol. The van der Waals surface area contributed by atoms with E-state index < -0.39 is 8.07 Å². The van der Waals surface area contributed by atoms with Gasteiger partial charge in [0.1, 0.15) is 0 Å². The van der Waals surface area contributed by atoms with Crippen molar-refractivity contribution in [3.63, 3.8) is 0 Å². The van der Waals surface area contributed by atoms with Crippen molar-refractivity contribution in [1.29, 1.82) is 0 Å². The van der Waals surface area contributed by atoms with Crippen LogP contribution < -0.4 is 3.53 Å². The van der Waals surface area contributed by atoms with E-state index in [9.17, 15) is 0 Å². The molecule has 0 amide bonds. The van der Waals surface area contributed by atoms with Gasteiger partial charge in [-0.2, -0.15) is 0 Å². The standard InChI is InChI=1S/C7H16INSi/c1-10(2)5-3-7(9-8)4-6-10/h7,9H,3-6H2,1-2H3. The molecule has 60 valence electrons. The summed E-state index contributed by atoms with van der Waals surface area (Å²) in [4.78, 5) is 0. The quantitative estimate of drug-likeness (QED) is 0.438. The molecule has 0 bridgehead atoms. The van der Waals surface area contributed by atoms with Gasteiger partial charge >= 0.3 is 0 Å². The molecule has 1 aliphatic rings. The molecule has 1 fully saturated rings. The highest BCUT2D eigenvalue weighted by molar-refractivity contribution is 14.1. The minimum atomic E-state index is -0.692. The molecule has 1 saturated heterocycles. The third-order valence-electron chi connectivity index (χ3n) is 2.49. The summed E-state index contributed by atoms with van der Waals surface area (Å²) in [6.45, 7) is 5.02. The minimum absolute atomic E-state index is 0.692. The lowest BCUT2D eigenvalue weighted by atomic mass is 10.2. The zero-order chi connectivity index (χ0) is 7.61. The Kier molecular flexibility index (Phi) is 3.18. The lowest BCUT2D eigenvalue weighted by molar-refractivity contribution is 0.571. The lowest BCUT2D eigenvalue weighted by Crippen LogP contribution is -2.36. The summed E-state index contributed by atoms with van der Waals surface area (Å²) in [5.41, 5.74) is 0. The third kappa shape index (κ3) is 2.51. The molecule has 0 spiro atoms. The first-order valence-corrected chi connectivity index (χ1v) is 8.49. The molecule has 0 aromatic rings. The van der Waals surface area contributed by atoms with E-state index in [-0.39, 0.29) is 0 Å². The average molecular weight is 269 g/mol. The number of hydrogen-bond acceptors (Lipinski definition) is 1. The largest absolute Gasteiger partial charge is 0.258 e. The smallest absolute Gasteiger partial charge is 0.0474 e. The predicted octanol–water partition coefficient (Wildman–Crippen LogP) is 2.80. The van der Waals surface area contributed by atoms with Crippen LogP contribution in [0.5, 0.6) is 0 Å². The van der Waals surface area contributed by atoms with Gasteiger partial charge in [0, 0.05) is 37.0 Å². The number of nitrogens with one attached hydrogen (secondary N) is 1. The van der Waals surface area contributed by atoms with Gasteiger partial charge in [-0.1, -0.05) is 25.2 Å². The Morgan fingerprint density at radius 2 is 1.80 bits per heavy atom. The molecule has 0 aliphatic carbocycles. The normalized spacial score (nSPS) is 26.7. The maximum atomic E-state index is 3.33. The van der Waals surface area contributed by atoms with Crippen LogP contribution in [0, 0.1) is 0 Å². The molecule has 1 heterocycles. The average Bonchev–Trinajstić information content (AvgIpc) is 1.88. The molecule has 1 aliphatic heterocycles. The van der Waals surface area contributed by atoms with E-state index in [1.54, 1.807) is 0 Å². The van der Waals surface area contributed by atoms with E-state index in [0.29, 0.717) is 0 Å². The van der Waals surface area contributed by atoms with E-state index in [0.717, 1.165) is 6.04 Å². The van der Waals surface area contributed by atoms with Gasteiger partial charge in [0.05, 0.1) is 0 Å². The molecule has 0 atom stereocenters. The number of halogens is 1. The Bertz CT molecular complexity index is 106. The number of rotatable bonds is 1. The van der Waals surface area contributed by atoms with Crippen molar-refractivity contribution < 1.29 is 0 Å². The van der Waals surface area contributed by atoms with Crippen LogP contribution in [0.2, 0.25) is 25.2 Å². The van der Waals surface area contributed by atoms with Crippen LogP contribution in [0.4, 0.5) is 0 Å². The summed E-state index contributed by atoms with van der Waals surface area (Å²) in [7, 11) is -0.692. The zero-order valence-electron chi connectivity index (χ0n) is 6.78. The first-order chi connectivity index (χ1) is 4.64. The Morgan fingerprint density at radius 1 is 1.30 bits per heavy atom. The highest BCUT2D eigenvalue weighted by Gasteiger charge is 2.27. The summed E-state index contributed by atoms with van der Waals surface area (Å²) in [5, 5.41) is 0. The van der Waals surface area contributed by atoms with Gasteiger partial charge in [-0.15, -0.1) is 0 Å². The van der Waals surface area contributed by atoms with E-state index in [1.165, 1.54) is 24.9 Å². The third-order valence-corrected chi connectivity index (χ3v) is 6.66. The Balaban J connectivity index is 2.31. The molecular weight excluding hydrogens is 253 g/mol. The van der Waals surface area contributed by atoms with Gasteiger partial charge in [0.15, 0.2) is 0 Å². The lowest BCUT2D eigenvalue weighted by Gasteiger charge is -2.31. The Morgan fingerprint density at radius 3 is 2.20 bits per heavy atom. The van der Waals surface area contributed by atoms with Crippen LogP contribution in [-0.4, -0.2) is 14.1 Å². The Hall–Kier alpha value is 0.907. The topological polar surface area (TPSA) is 12.0 Å². The molecule has 1 nitrogen and oxygen atoms in total. The second-order valence-electron chi connectivity index (χ2n) is 4.05. The molecule has 0 aromatic heterocycles. The van der Waals surface area contributed by atoms with Gasteiger partial charge < -0.3 is 0 Å². The first-order valence-electron chi connectivity index (χ1n) is 4.00. The van der Waals surface area contributed by atoms with Gasteiger partial charge in [-0.25, -0.2) is 0 Å². The second kappa shape index (κ2) is 3.54. The maximum Gasteiger partial charge on any atom is 0.0474 e. The van der Waals surface area contributed by atoms with Crippen molar-refractivity contribution >= 4 is 30.9 Å². The van der Waals surface area contributed by atoms with Crippen molar-refractivity contribution in [3.8, 4) is 0 Å². The second-order valence-corrected chi connectivity index (χ2v) is 10.00. The Labute approximate surface area is 78.5 Å². The van der Waals surface area contributed by atoms with Gasteiger partial charge in [-0.05, 0) is 12.8 Å². The molecule has 1 rings (SSSR count). The van der Waals surface area contributed by atoms with Crippen molar-refractivity contribution in [2.45, 2.75) is 44.1 Å². The van der Waals surface area contributed by atoms with E-state index in [1.807, 2.05) is 0 Å². The highest BCUT2D eigenvalue weighted by Crippen LogP contribution is 2.28. The SMILES string of the molecule is C[Si]1(C)CCC(NI)CC1. The molecule has 0 unspecified atom stereocenters. The van der Waals surface area contributed by atoms with Crippen LogP contribution in [-0.2, 0) is 0 Å². The van der Waals surface area contributed by atoms with Crippen molar-refractivity contribution in [2.24, 2.45) is 0 Å². The molecular formula is C7H16INSi. The van der Waals surface area contributed by atoms with Crippen molar-refractivity contribution in [3.05, 3.63) is 0 Å². The number of hydrogen-bond donors (Lipinski definition) is 1. The fourth-order valence-corrected chi connectivity index (χ4v) is 4.64. The van der Waals surface area contributed by atoms with Crippen LogP contribution >= 0.6 is 22.9 Å². The van der Waals surface area contributed by atoms with Crippen molar-refractivity contribution in [1.82, 2.24) is 3.53 Å². The summed E-state index contributed by atoms with van der Waals surface area (Å²) in [6, 6.07) is 3.86. The summed E-state index contributed by atoms with van der Waals surface area (Å²) >= 11 is 2.28. The summed E-state index contributed by atoms with van der Waals surface area (Å²) in [5.74, 6) is 0. The molecule has 0 radical (unpaired) electrons. The van der Waals surface area contributed by atoms with Gasteiger partial charge in [0.2, 0.25) is 0 Å². The molecule has 1 N–H and O–H groups in total. The van der Waals surface area contributed by atoms with E-state index in [2.05, 4.69) is 39.5 Å². The summed E-state index contributed by atoms with van der Waals surface area (Å²) < 4.78 is 3.33. The molecule has 0 saturated carbocycles. The molecule has 10 heavy (non-hydrogen) atoms. The van der Waals surface area contributed by atoms with Gasteiger partial charge in [0.25, 0.3) is 0 Å². The van der Waals surface area contributed by atoms with Crippen LogP contribution in [0.3, 0.4) is 0 Å². The van der Waals surface area contributed by atoms with E-state index >= 15 is 0 Å². The van der Waals surface area contributed by atoms with Crippen molar-refractivity contribution in [2.75, 3.05) is 0 Å². The minimum Gasteiger partial charge on any atom is -0.258 e. The fourth-order valence-electron chi connectivity index (χ4n) is 1.51. The highest BCUT2D eigenvalue weighted by atomic mass is 127. The zero-order valence-corrected chi connectivity index (χ0v) is 9.94. The van der Waals surface area contributed by atoms with Crippen LogP contribution in [0.25, 0.3) is 0 Å². The van der Waals surface area contributed by atoms with Crippen LogP contribution in [0.15, 0.2) is 0 Å². The molecule has 3 heteroatoms. The van der Waals surface area contributed by atoms with Gasteiger partial charge in [-0.3, -0.25) is 3.53 Å². The first kappa shape index (κ1) is 9.00. The van der Waals surface area contributed by atoms with Crippen LogP contribution in [0.1, 0.15) is 12.8 Å². The fraction of sp³-hybridized carbons (Fsp3) is 1.00. The predicted molar refractivity (Wildman–Crippen MR) is 57.3 cm³/mol. The maximum absolute atomic E-state index is 3.33. The van der Waals surface area contributed by atoms with E-state index in [4.69, 9.17) is 0 Å².